The summed E-state index contributed by atoms with van der Waals surface area (Å²) in [5, 5.41) is 44.9. The number of amides is 5. The average Bonchev–Trinajstić information content (AvgIpc) is 1.57. The number of alkyl halides is 1. The fourth-order valence-corrected chi connectivity index (χ4v) is 15.5. The largest absolute Gasteiger partial charge is 0.481 e. The quantitative estimate of drug-likeness (QED) is 0.00475. The fraction of sp³-hybridized carbons (Fsp3) is 0.351. The maximum absolute atomic E-state index is 14.3. The zero-order valence-electron chi connectivity index (χ0n) is 58.8. The number of rotatable bonds is 38. The van der Waals surface area contributed by atoms with Crippen LogP contribution in [0.3, 0.4) is 0 Å². The van der Waals surface area contributed by atoms with Gasteiger partial charge in [-0.25, -0.2) is 14.8 Å². The van der Waals surface area contributed by atoms with Crippen molar-refractivity contribution in [3.05, 3.63) is 170 Å². The molecule has 1 aliphatic heterocycles. The molecule has 4 aromatic carbocycles. The van der Waals surface area contributed by atoms with Gasteiger partial charge in [0.15, 0.2) is 34.5 Å². The standard InChI is InChI=1S/C74H81ClN16O15S2/c1-38(84-62(96)10-6-20-80-67(99)41-13-15-47(16-14-41)82-34-48-35-83-66-65(85-48)69(101)90-73(78)89-66)58(93)29-42(7-5-21-81-72(76)77)68(100)88-55(31-63(97)98)60(95)30-45(71(103)104)37-108-107-22-19-49(92)25-39-11-17-52-43(23-39)27-54(86-52)59(94)26-40-12-18-53-44(24-40)28-56(87-53)70(102)91-36-46(33-75)64-51-9-4-3-8-50(51)61(32-57(64)91)106-74(105)79-2/h3-4,8-9,11-18,23-24,27-28,32,35,38,42,45-46,55,61,64,82,86-87H,5-7,10,19-22,25-26,29-31,33-34,36-37H2,1-2H3,(H,79,105)(H,80,99)(H,84,96)(H,88,100)(H,97,98)(H,103,104)(H4,76,77,81)(H3,78,83,89,90,101)/t38-,42+,45-,46?,55-,61?,64?/m0/s1. The number of H-pyrrole nitrogens is 3. The van der Waals surface area contributed by atoms with Crippen molar-refractivity contribution in [1.82, 2.24) is 61.4 Å². The predicted octanol–water partition coefficient (Wildman–Crippen LogP) is 6.74. The van der Waals surface area contributed by atoms with Gasteiger partial charge in [-0.1, -0.05) is 58.0 Å². The summed E-state index contributed by atoms with van der Waals surface area (Å²) < 4.78 is 5.73. The third-order valence-electron chi connectivity index (χ3n) is 18.4. The molecule has 1 fully saturated rings. The number of ketones is 4. The van der Waals surface area contributed by atoms with E-state index < -0.39 is 102 Å². The summed E-state index contributed by atoms with van der Waals surface area (Å²) in [5.74, 6) is -9.40. The Bertz CT molecular complexity index is 4870. The highest BCUT2D eigenvalue weighted by molar-refractivity contribution is 8.76. The number of aromatic nitrogens is 6. The molecule has 1 saturated heterocycles. The van der Waals surface area contributed by atoms with Gasteiger partial charge in [0, 0.05) is 145 Å². The van der Waals surface area contributed by atoms with Gasteiger partial charge in [-0.3, -0.25) is 63.1 Å². The number of nitrogens with zero attached hydrogens (tertiary/aromatic N) is 4. The minimum Gasteiger partial charge on any atom is -0.481 e. The molecule has 8 aromatic rings. The highest BCUT2D eigenvalue weighted by Gasteiger charge is 2.45. The Morgan fingerprint density at radius 1 is 0.778 bits per heavy atom. The van der Waals surface area contributed by atoms with Crippen LogP contribution in [0.25, 0.3) is 33.0 Å². The van der Waals surface area contributed by atoms with Crippen LogP contribution in [0.15, 0.2) is 120 Å². The first-order valence-corrected chi connectivity index (χ1v) is 37.7. The highest BCUT2D eigenvalue weighted by Crippen LogP contribution is 2.49. The minimum atomic E-state index is -1.68. The van der Waals surface area contributed by atoms with Gasteiger partial charge in [0.1, 0.15) is 17.6 Å². The average molecular weight is 1530 g/mol. The molecule has 10 rings (SSSR count). The summed E-state index contributed by atoms with van der Waals surface area (Å²) in [6, 6.07) is 25.8. The second-order valence-corrected chi connectivity index (χ2v) is 29.2. The number of aromatic amines is 3. The highest BCUT2D eigenvalue weighted by atomic mass is 35.5. The maximum atomic E-state index is 14.3. The molecule has 0 saturated carbocycles. The molecular weight excluding hydrogens is 1450 g/mol. The van der Waals surface area contributed by atoms with Crippen LogP contribution in [0.5, 0.6) is 0 Å². The van der Waals surface area contributed by atoms with E-state index in [1.165, 1.54) is 31.0 Å². The number of guanidine groups is 1. The van der Waals surface area contributed by atoms with E-state index in [0.717, 1.165) is 27.3 Å². The lowest BCUT2D eigenvalue weighted by atomic mass is 9.79. The van der Waals surface area contributed by atoms with Crippen molar-refractivity contribution < 1.29 is 67.7 Å². The molecule has 0 radical (unpaired) electrons. The number of nitrogens with one attached hydrogen (secondary N) is 10. The number of aliphatic carboxylic acids is 2. The Morgan fingerprint density at radius 3 is 2.16 bits per heavy atom. The van der Waals surface area contributed by atoms with Crippen molar-refractivity contribution in [2.75, 3.05) is 55.1 Å². The second kappa shape index (κ2) is 36.7. The van der Waals surface area contributed by atoms with Gasteiger partial charge in [0.25, 0.3) is 17.4 Å². The van der Waals surface area contributed by atoms with E-state index in [2.05, 4.69) is 61.8 Å². The first-order chi connectivity index (χ1) is 51.8. The second-order valence-electron chi connectivity index (χ2n) is 26.3. The summed E-state index contributed by atoms with van der Waals surface area (Å²) in [6.45, 7) is 2.20. The first-order valence-electron chi connectivity index (χ1n) is 34.7. The maximum Gasteiger partial charge on any atom is 0.407 e. The van der Waals surface area contributed by atoms with E-state index in [1.54, 1.807) is 53.4 Å². The number of hydrogen-bond donors (Lipinski definition) is 14. The van der Waals surface area contributed by atoms with E-state index in [0.29, 0.717) is 74.0 Å². The molecule has 5 heterocycles. The number of anilines is 2. The van der Waals surface area contributed by atoms with E-state index >= 15 is 0 Å². The number of carboxylic acid groups (broad SMARTS) is 2. The van der Waals surface area contributed by atoms with Crippen LogP contribution in [-0.4, -0.2) is 172 Å². The van der Waals surface area contributed by atoms with Crippen molar-refractivity contribution in [2.45, 2.75) is 102 Å². The molecule has 0 spiro atoms. The number of nitrogens with two attached hydrogens (primary N) is 2. The van der Waals surface area contributed by atoms with Crippen LogP contribution in [0.1, 0.15) is 130 Å². The molecule has 31 nitrogen and oxygen atoms in total. The molecule has 566 valence electrons. The number of likely N-dealkylation sites (tertiary alicyclic amines) is 1. The van der Waals surface area contributed by atoms with Gasteiger partial charge in [-0.15, -0.1) is 11.6 Å². The lowest BCUT2D eigenvalue weighted by Crippen LogP contribution is -2.47. The number of Topliss-reactive ketones (excluding diaryl/α,β-unsaturated/α-hetero) is 4. The fourth-order valence-electron chi connectivity index (χ4n) is 12.9. The lowest BCUT2D eigenvalue weighted by Gasteiger charge is -2.31. The van der Waals surface area contributed by atoms with Crippen molar-refractivity contribution in [2.24, 2.45) is 23.5 Å². The predicted molar refractivity (Wildman–Crippen MR) is 406 cm³/mol. The van der Waals surface area contributed by atoms with Gasteiger partial charge in [0.05, 0.1) is 48.6 Å². The molecule has 4 aromatic heterocycles. The number of alkyl carbamates (subject to hydrolysis) is 1. The Labute approximate surface area is 630 Å². The van der Waals surface area contributed by atoms with E-state index in [-0.39, 0.29) is 128 Å². The monoisotopic (exact) mass is 1530 g/mol. The Balaban J connectivity index is 0.647. The van der Waals surface area contributed by atoms with E-state index in [9.17, 15) is 67.7 Å². The lowest BCUT2D eigenvalue weighted by molar-refractivity contribution is -0.144. The van der Waals surface area contributed by atoms with Crippen molar-refractivity contribution in [1.29, 1.82) is 5.41 Å². The van der Waals surface area contributed by atoms with E-state index in [4.69, 9.17) is 33.2 Å². The Hall–Kier alpha value is -11.5. The minimum absolute atomic E-state index is 0.00838. The van der Waals surface area contributed by atoms with Gasteiger partial charge >= 0.3 is 18.0 Å². The third kappa shape index (κ3) is 20.8. The smallest absolute Gasteiger partial charge is 0.407 e. The van der Waals surface area contributed by atoms with E-state index in [1.807, 2.05) is 54.6 Å². The van der Waals surface area contributed by atoms with Crippen LogP contribution < -0.4 is 48.9 Å². The number of halogens is 1. The van der Waals surface area contributed by atoms with Gasteiger partial charge in [0.2, 0.25) is 17.8 Å². The number of benzene rings is 4. The van der Waals surface area contributed by atoms with Crippen LogP contribution >= 0.6 is 33.2 Å². The number of carboxylic acids is 2. The van der Waals surface area contributed by atoms with Gasteiger partial charge in [-0.2, -0.15) is 4.98 Å². The number of fused-ring (bicyclic) bond motifs is 6. The summed E-state index contributed by atoms with van der Waals surface area (Å²) in [7, 11) is 3.80. The zero-order chi connectivity index (χ0) is 77.3. The topological polar surface area (TPSA) is 492 Å². The summed E-state index contributed by atoms with van der Waals surface area (Å²) >= 11 is 6.53. The van der Waals surface area contributed by atoms with Gasteiger partial charge < -0.3 is 73.2 Å². The number of allylic oxidation sites excluding steroid dienone is 1. The zero-order valence-corrected chi connectivity index (χ0v) is 61.2. The molecule has 108 heavy (non-hydrogen) atoms. The van der Waals surface area contributed by atoms with Crippen LogP contribution in [0, 0.1) is 23.2 Å². The molecule has 34 heteroatoms. The Morgan fingerprint density at radius 2 is 1.46 bits per heavy atom. The normalized spacial score (nSPS) is 15.5. The van der Waals surface area contributed by atoms with Crippen molar-refractivity contribution >= 4 is 149 Å². The van der Waals surface area contributed by atoms with Crippen LogP contribution in [0.4, 0.5) is 16.4 Å². The molecule has 2 aliphatic rings. The third-order valence-corrected chi connectivity index (χ3v) is 21.3. The molecule has 3 unspecified atom stereocenters. The van der Waals surface area contributed by atoms with Gasteiger partial charge in [-0.05, 0) is 110 Å². The molecular formula is C74H81ClN16O15S2. The first kappa shape index (κ1) is 79.1. The molecule has 5 amide bonds. The van der Waals surface area contributed by atoms with Crippen molar-refractivity contribution in [3.8, 4) is 0 Å². The van der Waals surface area contributed by atoms with Crippen LogP contribution in [-0.2, 0) is 57.7 Å². The number of carbonyl (C=O) groups is 11. The van der Waals surface area contributed by atoms with Crippen LogP contribution in [0.2, 0.25) is 0 Å². The molecule has 0 bridgehead atoms. The molecule has 16 N–H and O–H groups in total. The Kier molecular flexibility index (Phi) is 26.9. The number of ether oxygens (including phenoxy) is 1. The summed E-state index contributed by atoms with van der Waals surface area (Å²) in [6.07, 6.45) is 0.441. The summed E-state index contributed by atoms with van der Waals surface area (Å²) in [4.78, 5) is 181. The summed E-state index contributed by atoms with van der Waals surface area (Å²) in [5.41, 5.74) is 18.0. The number of hydrogen-bond acceptors (Lipinski definition) is 21. The molecule has 1 aliphatic carbocycles. The number of nitrogen functional groups attached to an aromatic ring is 1. The molecule has 7 atom stereocenters. The van der Waals surface area contributed by atoms with Crippen molar-refractivity contribution in [3.63, 3.8) is 0 Å². The number of carbonyl (C=O) groups excluding carboxylic acids is 9. The SMILES string of the molecule is CNC(=O)OC1C=C2C(c3ccccc31)C(CCl)CN2C(=O)c1cc2cc(CC(=O)c3cc4cc(CC(=O)CCSSC[C@H](CC(=O)[C@H](CC(=O)O)NC(=O)[C@H](CCCNC(=N)N)CC(=O)[C@H](C)NC(=O)CCCNC(=O)c5ccc(NCc6cnc7nc(N)[nH]c(=O)c7n6)cc5)C(=O)O)ccc4[nH]3)ccc2[nH]1.